The van der Waals surface area contributed by atoms with Crippen molar-refractivity contribution in [2.24, 2.45) is 0 Å². The summed E-state index contributed by atoms with van der Waals surface area (Å²) < 4.78 is 15.9. The summed E-state index contributed by atoms with van der Waals surface area (Å²) in [5.41, 5.74) is 1.41. The molecule has 0 atom stereocenters. The SMILES string of the molecule is O=C(NCc1cc(Br)ccc1F)c1cnn2ccncc12. The van der Waals surface area contributed by atoms with Gasteiger partial charge in [-0.15, -0.1) is 0 Å². The van der Waals surface area contributed by atoms with Crippen molar-refractivity contribution in [3.63, 3.8) is 0 Å². The second-order valence-corrected chi connectivity index (χ2v) is 5.30. The number of hydrogen-bond acceptors (Lipinski definition) is 3. The van der Waals surface area contributed by atoms with Crippen LogP contribution in [-0.2, 0) is 6.54 Å². The largest absolute Gasteiger partial charge is 0.348 e. The van der Waals surface area contributed by atoms with Crippen LogP contribution in [0.3, 0.4) is 0 Å². The third-order valence-electron chi connectivity index (χ3n) is 3.02. The van der Waals surface area contributed by atoms with Crippen LogP contribution in [0.15, 0.2) is 47.5 Å². The van der Waals surface area contributed by atoms with Crippen LogP contribution in [0, 0.1) is 5.82 Å². The fourth-order valence-corrected chi connectivity index (χ4v) is 2.37. The maximum absolute atomic E-state index is 13.6. The molecule has 1 amide bonds. The standard InChI is InChI=1S/C14H10BrFN4O/c15-10-1-2-12(16)9(5-10)6-18-14(21)11-7-19-20-4-3-17-8-13(11)20/h1-5,7-8H,6H2,(H,18,21). The lowest BCUT2D eigenvalue weighted by atomic mass is 10.2. The number of fused-ring (bicyclic) bond motifs is 1. The second kappa shape index (κ2) is 5.61. The number of aromatic nitrogens is 3. The summed E-state index contributed by atoms with van der Waals surface area (Å²) in [6, 6.07) is 4.59. The Balaban J connectivity index is 1.79. The van der Waals surface area contributed by atoms with Gasteiger partial charge in [-0.25, -0.2) is 8.91 Å². The molecule has 0 saturated heterocycles. The highest BCUT2D eigenvalue weighted by Gasteiger charge is 2.13. The van der Waals surface area contributed by atoms with Gasteiger partial charge in [0.1, 0.15) is 5.82 Å². The third kappa shape index (κ3) is 2.78. The normalized spacial score (nSPS) is 10.8. The number of nitrogens with zero attached hydrogens (tertiary/aromatic N) is 3. The minimum atomic E-state index is -0.361. The highest BCUT2D eigenvalue weighted by molar-refractivity contribution is 9.10. The van der Waals surface area contributed by atoms with Crippen LogP contribution in [0.4, 0.5) is 4.39 Å². The number of halogens is 2. The van der Waals surface area contributed by atoms with Gasteiger partial charge in [-0.1, -0.05) is 15.9 Å². The Bertz CT molecular complexity index is 818. The summed E-state index contributed by atoms with van der Waals surface area (Å²) >= 11 is 3.27. The lowest BCUT2D eigenvalue weighted by molar-refractivity contribution is 0.0952. The van der Waals surface area contributed by atoms with Gasteiger partial charge < -0.3 is 5.32 Å². The van der Waals surface area contributed by atoms with E-state index in [1.807, 2.05) is 0 Å². The summed E-state index contributed by atoms with van der Waals surface area (Å²) in [6.07, 6.45) is 6.25. The molecule has 0 fully saturated rings. The van der Waals surface area contributed by atoms with Gasteiger partial charge in [-0.2, -0.15) is 5.10 Å². The molecule has 0 aliphatic carbocycles. The molecule has 0 radical (unpaired) electrons. The molecule has 0 aliphatic heterocycles. The Morgan fingerprint density at radius 1 is 1.38 bits per heavy atom. The van der Waals surface area contributed by atoms with E-state index in [9.17, 15) is 9.18 Å². The Morgan fingerprint density at radius 2 is 2.24 bits per heavy atom. The summed E-state index contributed by atoms with van der Waals surface area (Å²) in [4.78, 5) is 16.1. The number of hydrogen-bond donors (Lipinski definition) is 1. The molecule has 1 aromatic carbocycles. The molecule has 5 nitrogen and oxygen atoms in total. The molecule has 1 N–H and O–H groups in total. The number of benzene rings is 1. The minimum Gasteiger partial charge on any atom is -0.348 e. The van der Waals surface area contributed by atoms with Crippen molar-refractivity contribution in [1.82, 2.24) is 19.9 Å². The average Bonchev–Trinajstić information content (AvgIpc) is 2.92. The highest BCUT2D eigenvalue weighted by Crippen LogP contribution is 2.16. The van der Waals surface area contributed by atoms with E-state index < -0.39 is 0 Å². The third-order valence-corrected chi connectivity index (χ3v) is 3.51. The van der Waals surface area contributed by atoms with Crippen molar-refractivity contribution in [3.8, 4) is 0 Å². The van der Waals surface area contributed by atoms with E-state index in [0.717, 1.165) is 4.47 Å². The molecule has 3 rings (SSSR count). The number of carbonyl (C=O) groups is 1. The monoisotopic (exact) mass is 348 g/mol. The molecule has 2 heterocycles. The Morgan fingerprint density at radius 3 is 3.10 bits per heavy atom. The lowest BCUT2D eigenvalue weighted by Crippen LogP contribution is -2.23. The second-order valence-electron chi connectivity index (χ2n) is 4.38. The van der Waals surface area contributed by atoms with Gasteiger partial charge in [0, 0.05) is 29.0 Å². The van der Waals surface area contributed by atoms with Crippen molar-refractivity contribution < 1.29 is 9.18 Å². The fraction of sp³-hybridized carbons (Fsp3) is 0.0714. The minimum absolute atomic E-state index is 0.0989. The molecule has 7 heteroatoms. The molecule has 0 spiro atoms. The summed E-state index contributed by atoms with van der Waals surface area (Å²) in [7, 11) is 0. The van der Waals surface area contributed by atoms with Crippen LogP contribution in [0.25, 0.3) is 5.52 Å². The van der Waals surface area contributed by atoms with E-state index in [1.165, 1.54) is 12.3 Å². The van der Waals surface area contributed by atoms with Crippen LogP contribution in [0.2, 0.25) is 0 Å². The zero-order valence-corrected chi connectivity index (χ0v) is 12.3. The molecule has 0 saturated carbocycles. The summed E-state index contributed by atoms with van der Waals surface area (Å²) in [5, 5.41) is 6.74. The zero-order chi connectivity index (χ0) is 14.8. The smallest absolute Gasteiger partial charge is 0.255 e. The van der Waals surface area contributed by atoms with Crippen LogP contribution in [-0.4, -0.2) is 20.5 Å². The van der Waals surface area contributed by atoms with Crippen molar-refractivity contribution in [1.29, 1.82) is 0 Å². The Labute approximate surface area is 127 Å². The molecule has 0 aliphatic rings. The highest BCUT2D eigenvalue weighted by atomic mass is 79.9. The number of amides is 1. The molecule has 0 unspecified atom stereocenters. The predicted molar refractivity (Wildman–Crippen MR) is 78.3 cm³/mol. The van der Waals surface area contributed by atoms with Crippen molar-refractivity contribution in [2.45, 2.75) is 6.54 Å². The molecule has 2 aromatic heterocycles. The topological polar surface area (TPSA) is 59.3 Å². The number of nitrogens with one attached hydrogen (secondary N) is 1. The Kier molecular flexibility index (Phi) is 3.66. The molecular weight excluding hydrogens is 339 g/mol. The zero-order valence-electron chi connectivity index (χ0n) is 10.8. The van der Waals surface area contributed by atoms with Crippen molar-refractivity contribution in [2.75, 3.05) is 0 Å². The van der Waals surface area contributed by atoms with Gasteiger partial charge in [0.2, 0.25) is 0 Å². The van der Waals surface area contributed by atoms with Gasteiger partial charge in [-0.3, -0.25) is 9.78 Å². The van der Waals surface area contributed by atoms with Crippen molar-refractivity contribution >= 4 is 27.4 Å². The van der Waals surface area contributed by atoms with Crippen LogP contribution >= 0.6 is 15.9 Å². The lowest BCUT2D eigenvalue weighted by Gasteiger charge is -2.06. The molecule has 21 heavy (non-hydrogen) atoms. The van der Waals surface area contributed by atoms with E-state index in [4.69, 9.17) is 0 Å². The maximum atomic E-state index is 13.6. The summed E-state index contributed by atoms with van der Waals surface area (Å²) in [5.74, 6) is -0.683. The molecular formula is C14H10BrFN4O. The van der Waals surface area contributed by atoms with Gasteiger partial charge in [0.05, 0.1) is 23.5 Å². The quantitative estimate of drug-likeness (QED) is 0.791. The van der Waals surface area contributed by atoms with E-state index >= 15 is 0 Å². The van der Waals surface area contributed by atoms with Crippen molar-refractivity contribution in [3.05, 3.63) is 64.4 Å². The Hall–Kier alpha value is -2.28. The summed E-state index contributed by atoms with van der Waals surface area (Å²) in [6.45, 7) is 0.0989. The van der Waals surface area contributed by atoms with E-state index in [0.29, 0.717) is 16.6 Å². The fourth-order valence-electron chi connectivity index (χ4n) is 1.96. The first-order valence-electron chi connectivity index (χ1n) is 6.14. The molecule has 0 bridgehead atoms. The van der Waals surface area contributed by atoms with E-state index in [2.05, 4.69) is 31.3 Å². The first kappa shape index (κ1) is 13.7. The maximum Gasteiger partial charge on any atom is 0.255 e. The van der Waals surface area contributed by atoms with Crippen LogP contribution < -0.4 is 5.32 Å². The van der Waals surface area contributed by atoms with Gasteiger partial charge in [0.25, 0.3) is 5.91 Å². The number of carbonyl (C=O) groups excluding carboxylic acids is 1. The van der Waals surface area contributed by atoms with Gasteiger partial charge >= 0.3 is 0 Å². The van der Waals surface area contributed by atoms with Crippen LogP contribution in [0.1, 0.15) is 15.9 Å². The molecule has 106 valence electrons. The van der Waals surface area contributed by atoms with E-state index in [1.54, 1.807) is 35.2 Å². The first-order chi connectivity index (χ1) is 10.1. The van der Waals surface area contributed by atoms with Gasteiger partial charge in [-0.05, 0) is 18.2 Å². The van der Waals surface area contributed by atoms with E-state index in [-0.39, 0.29) is 18.3 Å². The molecule has 3 aromatic rings. The number of rotatable bonds is 3. The average molecular weight is 349 g/mol. The first-order valence-corrected chi connectivity index (χ1v) is 6.94. The van der Waals surface area contributed by atoms with Crippen LogP contribution in [0.5, 0.6) is 0 Å². The van der Waals surface area contributed by atoms with Gasteiger partial charge in [0.15, 0.2) is 0 Å². The predicted octanol–water partition coefficient (Wildman–Crippen LogP) is 2.56.